The molecule has 0 atom stereocenters. The first-order chi connectivity index (χ1) is 14.1. The van der Waals surface area contributed by atoms with Crippen LogP contribution in [0.3, 0.4) is 0 Å². The van der Waals surface area contributed by atoms with Gasteiger partial charge < -0.3 is 4.42 Å². The molecular weight excluding hydrogens is 386 g/mol. The second-order valence-corrected chi connectivity index (χ2v) is 8.29. The molecule has 142 valence electrons. The van der Waals surface area contributed by atoms with Gasteiger partial charge in [0, 0.05) is 40.7 Å². The Bertz CT molecular complexity index is 1390. The van der Waals surface area contributed by atoms with E-state index >= 15 is 0 Å². The van der Waals surface area contributed by atoms with Gasteiger partial charge >= 0.3 is 0 Å². The summed E-state index contributed by atoms with van der Waals surface area (Å²) in [5.74, 6) is 0. The van der Waals surface area contributed by atoms with E-state index in [0.717, 1.165) is 22.4 Å². The first-order valence-corrected chi connectivity index (χ1v) is 10.3. The molecule has 4 aromatic heterocycles. The van der Waals surface area contributed by atoms with E-state index in [1.54, 1.807) is 67.5 Å². The quantitative estimate of drug-likeness (QED) is 0.440. The zero-order valence-corrected chi connectivity index (χ0v) is 16.0. The van der Waals surface area contributed by atoms with Crippen molar-refractivity contribution in [3.63, 3.8) is 0 Å². The zero-order valence-electron chi connectivity index (χ0n) is 15.1. The fourth-order valence-corrected chi connectivity index (χ4v) is 4.64. The number of furan rings is 1. The molecular formula is C22H15N3O3S. The second-order valence-electron chi connectivity index (χ2n) is 6.48. The summed E-state index contributed by atoms with van der Waals surface area (Å²) in [6.45, 7) is 0. The molecule has 29 heavy (non-hydrogen) atoms. The van der Waals surface area contributed by atoms with Crippen LogP contribution in [0.1, 0.15) is 0 Å². The minimum Gasteiger partial charge on any atom is -0.472 e. The van der Waals surface area contributed by atoms with Crippen molar-refractivity contribution in [2.75, 3.05) is 0 Å². The lowest BCUT2D eigenvalue weighted by atomic mass is 10.1. The van der Waals surface area contributed by atoms with Gasteiger partial charge in [-0.15, -0.1) is 0 Å². The van der Waals surface area contributed by atoms with Crippen molar-refractivity contribution in [3.05, 3.63) is 91.8 Å². The van der Waals surface area contributed by atoms with Crippen LogP contribution in [0.15, 0.2) is 101 Å². The van der Waals surface area contributed by atoms with Gasteiger partial charge in [-0.1, -0.05) is 24.3 Å². The van der Waals surface area contributed by atoms with Crippen LogP contribution in [-0.2, 0) is 10.0 Å². The van der Waals surface area contributed by atoms with Gasteiger partial charge in [0.05, 0.1) is 23.1 Å². The zero-order chi connectivity index (χ0) is 19.8. The van der Waals surface area contributed by atoms with Gasteiger partial charge in [-0.3, -0.25) is 4.98 Å². The van der Waals surface area contributed by atoms with Gasteiger partial charge in [-0.05, 0) is 36.4 Å². The smallest absolute Gasteiger partial charge is 0.269 e. The van der Waals surface area contributed by atoms with E-state index in [1.807, 2.05) is 24.3 Å². The molecule has 7 heteroatoms. The molecule has 0 saturated carbocycles. The van der Waals surface area contributed by atoms with E-state index in [4.69, 9.17) is 4.42 Å². The molecule has 0 unspecified atom stereocenters. The van der Waals surface area contributed by atoms with Crippen LogP contribution < -0.4 is 0 Å². The minimum atomic E-state index is -3.81. The van der Waals surface area contributed by atoms with E-state index in [2.05, 4.69) is 9.97 Å². The Hall–Kier alpha value is -3.71. The summed E-state index contributed by atoms with van der Waals surface area (Å²) in [6.07, 6.45) is 8.08. The van der Waals surface area contributed by atoms with Gasteiger partial charge in [-0.25, -0.2) is 17.4 Å². The standard InChI is InChI=1S/C22H15N3O3S/c26-29(27,18-6-2-1-3-7-18)25-14-20(16-9-11-28-15-16)19-12-17(13-24-22(19)25)21-8-4-5-10-23-21/h1-15H. The number of nitrogens with zero attached hydrogens (tertiary/aromatic N) is 3. The molecule has 4 heterocycles. The summed E-state index contributed by atoms with van der Waals surface area (Å²) < 4.78 is 33.0. The van der Waals surface area contributed by atoms with E-state index < -0.39 is 10.0 Å². The maximum Gasteiger partial charge on any atom is 0.269 e. The SMILES string of the molecule is O=S(=O)(c1ccccc1)n1cc(-c2ccoc2)c2cc(-c3ccccn3)cnc21. The van der Waals surface area contributed by atoms with E-state index in [0.29, 0.717) is 11.0 Å². The highest BCUT2D eigenvalue weighted by Gasteiger charge is 2.23. The van der Waals surface area contributed by atoms with Crippen LogP contribution in [0.5, 0.6) is 0 Å². The highest BCUT2D eigenvalue weighted by atomic mass is 32.2. The van der Waals surface area contributed by atoms with Crippen LogP contribution in [-0.4, -0.2) is 22.4 Å². The molecule has 0 radical (unpaired) electrons. The highest BCUT2D eigenvalue weighted by Crippen LogP contribution is 2.34. The Morgan fingerprint density at radius 3 is 2.45 bits per heavy atom. The summed E-state index contributed by atoms with van der Waals surface area (Å²) in [7, 11) is -3.81. The highest BCUT2D eigenvalue weighted by molar-refractivity contribution is 7.90. The Kier molecular flexibility index (Phi) is 4.03. The fraction of sp³-hybridized carbons (Fsp3) is 0. The predicted octanol–water partition coefficient (Wildman–Crippen LogP) is 4.60. The third-order valence-corrected chi connectivity index (χ3v) is 6.37. The second kappa shape index (κ2) is 6.72. The van der Waals surface area contributed by atoms with Gasteiger partial charge in [0.1, 0.15) is 0 Å². The van der Waals surface area contributed by atoms with Crippen molar-refractivity contribution in [2.45, 2.75) is 4.90 Å². The number of pyridine rings is 2. The molecule has 0 N–H and O–H groups in total. The Morgan fingerprint density at radius 1 is 0.897 bits per heavy atom. The lowest BCUT2D eigenvalue weighted by molar-refractivity contribution is 0.568. The lowest BCUT2D eigenvalue weighted by Gasteiger charge is -2.07. The maximum atomic E-state index is 13.3. The monoisotopic (exact) mass is 401 g/mol. The van der Waals surface area contributed by atoms with Crippen molar-refractivity contribution >= 4 is 21.1 Å². The van der Waals surface area contributed by atoms with Gasteiger partial charge in [0.2, 0.25) is 0 Å². The molecule has 0 aliphatic rings. The lowest BCUT2D eigenvalue weighted by Crippen LogP contribution is -2.12. The Balaban J connectivity index is 1.79. The molecule has 0 saturated heterocycles. The molecule has 0 aliphatic heterocycles. The minimum absolute atomic E-state index is 0.200. The largest absolute Gasteiger partial charge is 0.472 e. The molecule has 1 aromatic carbocycles. The average Bonchev–Trinajstić information content (AvgIpc) is 3.42. The molecule has 0 amide bonds. The molecule has 5 rings (SSSR count). The van der Waals surface area contributed by atoms with Crippen LogP contribution in [0.4, 0.5) is 0 Å². The molecule has 0 fully saturated rings. The summed E-state index contributed by atoms with van der Waals surface area (Å²) in [4.78, 5) is 9.06. The maximum absolute atomic E-state index is 13.3. The van der Waals surface area contributed by atoms with Crippen molar-refractivity contribution < 1.29 is 12.8 Å². The van der Waals surface area contributed by atoms with Gasteiger partial charge in [-0.2, -0.15) is 0 Å². The number of fused-ring (bicyclic) bond motifs is 1. The van der Waals surface area contributed by atoms with E-state index in [-0.39, 0.29) is 4.90 Å². The van der Waals surface area contributed by atoms with Crippen LogP contribution >= 0.6 is 0 Å². The molecule has 0 spiro atoms. The van der Waals surface area contributed by atoms with Crippen molar-refractivity contribution in [2.24, 2.45) is 0 Å². The summed E-state index contributed by atoms with van der Waals surface area (Å²) in [6, 6.07) is 17.6. The van der Waals surface area contributed by atoms with Gasteiger partial charge in [0.25, 0.3) is 10.0 Å². The van der Waals surface area contributed by atoms with Crippen LogP contribution in [0.2, 0.25) is 0 Å². The van der Waals surface area contributed by atoms with E-state index in [1.165, 1.54) is 3.97 Å². The number of aromatic nitrogens is 3. The molecule has 0 aliphatic carbocycles. The number of benzene rings is 1. The predicted molar refractivity (Wildman–Crippen MR) is 110 cm³/mol. The number of hydrogen-bond acceptors (Lipinski definition) is 5. The third kappa shape index (κ3) is 2.92. The third-order valence-electron chi connectivity index (χ3n) is 4.70. The van der Waals surface area contributed by atoms with E-state index in [9.17, 15) is 8.42 Å². The van der Waals surface area contributed by atoms with Crippen LogP contribution in [0, 0.1) is 0 Å². The summed E-state index contributed by atoms with van der Waals surface area (Å²) in [5.41, 5.74) is 3.41. The first kappa shape index (κ1) is 17.4. The first-order valence-electron chi connectivity index (χ1n) is 8.90. The summed E-state index contributed by atoms with van der Waals surface area (Å²) >= 11 is 0. The summed E-state index contributed by atoms with van der Waals surface area (Å²) in [5, 5.41) is 0.703. The fourth-order valence-electron chi connectivity index (χ4n) is 3.29. The van der Waals surface area contributed by atoms with Crippen LogP contribution in [0.25, 0.3) is 33.4 Å². The number of rotatable bonds is 4. The Morgan fingerprint density at radius 2 is 1.72 bits per heavy atom. The van der Waals surface area contributed by atoms with Gasteiger partial charge in [0.15, 0.2) is 5.65 Å². The molecule has 6 nitrogen and oxygen atoms in total. The number of hydrogen-bond donors (Lipinski definition) is 0. The molecule has 5 aromatic rings. The topological polar surface area (TPSA) is 78.0 Å². The average molecular weight is 401 g/mol. The normalized spacial score (nSPS) is 11.7. The van der Waals surface area contributed by atoms with Crippen molar-refractivity contribution in [1.29, 1.82) is 0 Å². The molecule has 0 bridgehead atoms. The Labute approximate surface area is 167 Å². The van der Waals surface area contributed by atoms with Crippen molar-refractivity contribution in [3.8, 4) is 22.4 Å². The van der Waals surface area contributed by atoms with Crippen molar-refractivity contribution in [1.82, 2.24) is 13.9 Å².